The van der Waals surface area contributed by atoms with E-state index in [2.05, 4.69) is 48.9 Å². The smallest absolute Gasteiger partial charge is 0.124 e. The second-order valence-corrected chi connectivity index (χ2v) is 6.55. The van der Waals surface area contributed by atoms with E-state index in [1.807, 2.05) is 6.07 Å². The molecule has 1 aromatic carbocycles. The maximum atomic E-state index is 13.4. The Bertz CT molecular complexity index is 372. The van der Waals surface area contributed by atoms with Crippen LogP contribution in [-0.2, 0) is 6.42 Å². The third-order valence-corrected chi connectivity index (χ3v) is 4.07. The average molecular weight is 330 g/mol. The molecule has 0 aliphatic rings. The summed E-state index contributed by atoms with van der Waals surface area (Å²) in [6.07, 6.45) is 2.05. The standard InChI is InChI=1S/C16H25BrFN/c1-5-6-19-12(4)16(11(2)3)9-13-7-14(17)10-15(18)8-13/h7-8,10-12,16,19H,5-6,9H2,1-4H3. The third kappa shape index (κ3) is 5.62. The van der Waals surface area contributed by atoms with Crippen LogP contribution in [0.3, 0.4) is 0 Å². The highest BCUT2D eigenvalue weighted by molar-refractivity contribution is 9.10. The Morgan fingerprint density at radius 3 is 2.42 bits per heavy atom. The Labute approximate surface area is 125 Å². The summed E-state index contributed by atoms with van der Waals surface area (Å²) in [5, 5.41) is 3.56. The lowest BCUT2D eigenvalue weighted by molar-refractivity contribution is 0.289. The normalized spacial score (nSPS) is 14.7. The fourth-order valence-electron chi connectivity index (χ4n) is 2.51. The minimum absolute atomic E-state index is 0.166. The predicted octanol–water partition coefficient (Wildman–Crippen LogP) is 4.79. The maximum Gasteiger partial charge on any atom is 0.124 e. The first-order valence-corrected chi connectivity index (χ1v) is 7.91. The molecule has 0 spiro atoms. The molecule has 1 nitrogen and oxygen atoms in total. The van der Waals surface area contributed by atoms with E-state index in [-0.39, 0.29) is 5.82 Å². The van der Waals surface area contributed by atoms with Crippen LogP contribution in [0.25, 0.3) is 0 Å². The summed E-state index contributed by atoms with van der Waals surface area (Å²) in [6, 6.07) is 5.62. The first kappa shape index (κ1) is 16.6. The molecule has 2 atom stereocenters. The van der Waals surface area contributed by atoms with Gasteiger partial charge in [-0.05, 0) is 61.9 Å². The number of benzene rings is 1. The number of rotatable bonds is 7. The molecular weight excluding hydrogens is 305 g/mol. The van der Waals surface area contributed by atoms with Gasteiger partial charge in [-0.1, -0.05) is 36.7 Å². The van der Waals surface area contributed by atoms with Crippen molar-refractivity contribution in [3.8, 4) is 0 Å². The largest absolute Gasteiger partial charge is 0.314 e. The van der Waals surface area contributed by atoms with Gasteiger partial charge in [0.1, 0.15) is 5.82 Å². The summed E-state index contributed by atoms with van der Waals surface area (Å²) in [6.45, 7) is 9.92. The molecule has 0 aliphatic carbocycles. The van der Waals surface area contributed by atoms with E-state index >= 15 is 0 Å². The lowest BCUT2D eigenvalue weighted by Gasteiger charge is -2.28. The van der Waals surface area contributed by atoms with Crippen LogP contribution in [0.15, 0.2) is 22.7 Å². The quantitative estimate of drug-likeness (QED) is 0.758. The van der Waals surface area contributed by atoms with Crippen molar-refractivity contribution in [1.82, 2.24) is 5.32 Å². The van der Waals surface area contributed by atoms with Gasteiger partial charge < -0.3 is 5.32 Å². The Balaban J connectivity index is 2.77. The van der Waals surface area contributed by atoms with Crippen molar-refractivity contribution in [2.24, 2.45) is 11.8 Å². The minimum atomic E-state index is -0.166. The van der Waals surface area contributed by atoms with Gasteiger partial charge in [-0.15, -0.1) is 0 Å². The summed E-state index contributed by atoms with van der Waals surface area (Å²) in [4.78, 5) is 0. The summed E-state index contributed by atoms with van der Waals surface area (Å²) in [7, 11) is 0. The number of hydrogen-bond acceptors (Lipinski definition) is 1. The lowest BCUT2D eigenvalue weighted by atomic mass is 9.84. The second-order valence-electron chi connectivity index (χ2n) is 5.63. The fourth-order valence-corrected chi connectivity index (χ4v) is 3.03. The van der Waals surface area contributed by atoms with Crippen LogP contribution in [-0.4, -0.2) is 12.6 Å². The van der Waals surface area contributed by atoms with Gasteiger partial charge in [-0.2, -0.15) is 0 Å². The molecule has 2 unspecified atom stereocenters. The van der Waals surface area contributed by atoms with Crippen LogP contribution >= 0.6 is 15.9 Å². The van der Waals surface area contributed by atoms with Crippen LogP contribution in [0.5, 0.6) is 0 Å². The zero-order valence-corrected chi connectivity index (χ0v) is 13.9. The SMILES string of the molecule is CCCNC(C)C(Cc1cc(F)cc(Br)c1)C(C)C. The van der Waals surface area contributed by atoms with Gasteiger partial charge in [0.2, 0.25) is 0 Å². The van der Waals surface area contributed by atoms with Gasteiger partial charge in [0, 0.05) is 10.5 Å². The van der Waals surface area contributed by atoms with Crippen molar-refractivity contribution in [3.63, 3.8) is 0 Å². The molecule has 0 bridgehead atoms. The van der Waals surface area contributed by atoms with Gasteiger partial charge in [-0.3, -0.25) is 0 Å². The van der Waals surface area contributed by atoms with Crippen molar-refractivity contribution < 1.29 is 4.39 Å². The first-order chi connectivity index (χ1) is 8.93. The van der Waals surface area contributed by atoms with E-state index < -0.39 is 0 Å². The van der Waals surface area contributed by atoms with Crippen LogP contribution < -0.4 is 5.32 Å². The van der Waals surface area contributed by atoms with Gasteiger partial charge in [-0.25, -0.2) is 4.39 Å². The molecule has 0 amide bonds. The van der Waals surface area contributed by atoms with Crippen LogP contribution in [0, 0.1) is 17.7 Å². The van der Waals surface area contributed by atoms with Gasteiger partial charge in [0.15, 0.2) is 0 Å². The minimum Gasteiger partial charge on any atom is -0.314 e. The summed E-state index contributed by atoms with van der Waals surface area (Å²) >= 11 is 3.36. The van der Waals surface area contributed by atoms with Crippen molar-refractivity contribution in [3.05, 3.63) is 34.1 Å². The van der Waals surface area contributed by atoms with Crippen LogP contribution in [0.2, 0.25) is 0 Å². The maximum absolute atomic E-state index is 13.4. The Morgan fingerprint density at radius 2 is 1.89 bits per heavy atom. The van der Waals surface area contributed by atoms with E-state index in [1.165, 1.54) is 6.07 Å². The van der Waals surface area contributed by atoms with Crippen molar-refractivity contribution in [2.45, 2.75) is 46.6 Å². The lowest BCUT2D eigenvalue weighted by Crippen LogP contribution is -2.37. The van der Waals surface area contributed by atoms with Crippen LogP contribution in [0.1, 0.15) is 39.7 Å². The highest BCUT2D eigenvalue weighted by Gasteiger charge is 2.21. The van der Waals surface area contributed by atoms with Crippen LogP contribution in [0.4, 0.5) is 4.39 Å². The van der Waals surface area contributed by atoms with E-state index in [1.54, 1.807) is 6.07 Å². The molecule has 3 heteroatoms. The molecular formula is C16H25BrFN. The molecule has 0 saturated heterocycles. The van der Waals surface area contributed by atoms with Crippen molar-refractivity contribution >= 4 is 15.9 Å². The van der Waals surface area contributed by atoms with Gasteiger partial charge in [0.25, 0.3) is 0 Å². The number of hydrogen-bond donors (Lipinski definition) is 1. The van der Waals surface area contributed by atoms with E-state index in [9.17, 15) is 4.39 Å². The Morgan fingerprint density at radius 1 is 1.21 bits per heavy atom. The van der Waals surface area contributed by atoms with Gasteiger partial charge in [0.05, 0.1) is 0 Å². The zero-order chi connectivity index (χ0) is 14.4. The van der Waals surface area contributed by atoms with E-state index in [0.29, 0.717) is 17.9 Å². The topological polar surface area (TPSA) is 12.0 Å². The molecule has 0 saturated carbocycles. The zero-order valence-electron chi connectivity index (χ0n) is 12.3. The molecule has 108 valence electrons. The molecule has 1 rings (SSSR count). The fraction of sp³-hybridized carbons (Fsp3) is 0.625. The Hall–Kier alpha value is -0.410. The summed E-state index contributed by atoms with van der Waals surface area (Å²) in [5.41, 5.74) is 1.07. The van der Waals surface area contributed by atoms with Gasteiger partial charge >= 0.3 is 0 Å². The first-order valence-electron chi connectivity index (χ1n) is 7.12. The molecule has 0 aromatic heterocycles. The number of nitrogens with one attached hydrogen (secondary N) is 1. The second kappa shape index (κ2) is 8.01. The Kier molecular flexibility index (Phi) is 7.01. The predicted molar refractivity (Wildman–Crippen MR) is 83.9 cm³/mol. The van der Waals surface area contributed by atoms with E-state index in [4.69, 9.17) is 0 Å². The van der Waals surface area contributed by atoms with Crippen molar-refractivity contribution in [2.75, 3.05) is 6.54 Å². The summed E-state index contributed by atoms with van der Waals surface area (Å²) in [5.74, 6) is 0.919. The monoisotopic (exact) mass is 329 g/mol. The molecule has 0 aliphatic heterocycles. The highest BCUT2D eigenvalue weighted by Crippen LogP contribution is 2.23. The van der Waals surface area contributed by atoms with Crippen molar-refractivity contribution in [1.29, 1.82) is 0 Å². The summed E-state index contributed by atoms with van der Waals surface area (Å²) < 4.78 is 14.3. The molecule has 0 heterocycles. The molecule has 0 fully saturated rings. The molecule has 19 heavy (non-hydrogen) atoms. The third-order valence-electron chi connectivity index (χ3n) is 3.61. The molecule has 0 radical (unpaired) electrons. The average Bonchev–Trinajstić information content (AvgIpc) is 2.31. The van der Waals surface area contributed by atoms with E-state index in [0.717, 1.165) is 29.4 Å². The number of halogens is 2. The molecule has 1 N–H and O–H groups in total. The highest BCUT2D eigenvalue weighted by atomic mass is 79.9. The molecule has 1 aromatic rings.